The van der Waals surface area contributed by atoms with Crippen LogP contribution >= 0.6 is 15.9 Å². The maximum Gasteiger partial charge on any atom is 0.295 e. The number of Topliss-reactive ketones (excluding diaryl/α,β-unsaturated/α-hetero) is 1. The van der Waals surface area contributed by atoms with Crippen molar-refractivity contribution in [3.63, 3.8) is 0 Å². The van der Waals surface area contributed by atoms with E-state index in [-0.39, 0.29) is 30.0 Å². The lowest BCUT2D eigenvalue weighted by Crippen LogP contribution is -2.32. The minimum Gasteiger partial charge on any atom is -0.507 e. The van der Waals surface area contributed by atoms with Crippen molar-refractivity contribution in [2.75, 3.05) is 13.2 Å². The lowest BCUT2D eigenvalue weighted by molar-refractivity contribution is -0.384. The Balaban J connectivity index is 2.14. The molecule has 144 valence electrons. The minimum atomic E-state index is -0.879. The largest absolute Gasteiger partial charge is 0.507 e. The van der Waals surface area contributed by atoms with Crippen molar-refractivity contribution in [2.45, 2.75) is 6.04 Å². The van der Waals surface area contributed by atoms with Gasteiger partial charge in [-0.1, -0.05) is 28.1 Å². The fraction of sp³-hybridized carbons (Fsp3) is 0.158. The van der Waals surface area contributed by atoms with E-state index in [1.165, 1.54) is 29.2 Å². The molecule has 1 aliphatic rings. The molecule has 0 aromatic heterocycles. The van der Waals surface area contributed by atoms with Crippen molar-refractivity contribution < 1.29 is 24.7 Å². The maximum atomic E-state index is 12.6. The summed E-state index contributed by atoms with van der Waals surface area (Å²) in [4.78, 5) is 36.5. The molecular weight excluding hydrogens is 432 g/mol. The summed E-state index contributed by atoms with van der Waals surface area (Å²) in [7, 11) is 0. The standard InChI is InChI=1S/C19H15BrN2O6/c20-13-5-1-11(2-6-13)16-15(18(25)19(26)21(16)9-10-23)17(24)12-3-7-14(8-4-12)22(27)28/h1-8,16,23-24H,9-10H2/b17-15+/t16-/m0/s1. The van der Waals surface area contributed by atoms with Gasteiger partial charge in [-0.3, -0.25) is 19.7 Å². The monoisotopic (exact) mass is 446 g/mol. The topological polar surface area (TPSA) is 121 Å². The molecular formula is C19H15BrN2O6. The van der Waals surface area contributed by atoms with Gasteiger partial charge in [0.15, 0.2) is 0 Å². The van der Waals surface area contributed by atoms with Gasteiger partial charge in [-0.05, 0) is 29.8 Å². The number of likely N-dealkylation sites (tertiary alicyclic amines) is 1. The number of non-ortho nitro benzene ring substituents is 1. The zero-order valence-corrected chi connectivity index (χ0v) is 16.0. The summed E-state index contributed by atoms with van der Waals surface area (Å²) in [6, 6.07) is 11.0. The molecule has 0 spiro atoms. The van der Waals surface area contributed by atoms with Gasteiger partial charge in [0.2, 0.25) is 0 Å². The number of nitro benzene ring substituents is 1. The number of carbonyl (C=O) groups is 2. The highest BCUT2D eigenvalue weighted by Crippen LogP contribution is 2.39. The molecule has 1 saturated heterocycles. The number of hydrogen-bond donors (Lipinski definition) is 2. The third-order valence-corrected chi connectivity index (χ3v) is 4.95. The van der Waals surface area contributed by atoms with Crippen LogP contribution in [0, 0.1) is 10.1 Å². The van der Waals surface area contributed by atoms with Crippen LogP contribution in [0.3, 0.4) is 0 Å². The molecule has 28 heavy (non-hydrogen) atoms. The first kappa shape index (κ1) is 19.7. The number of carbonyl (C=O) groups excluding carboxylic acids is 2. The van der Waals surface area contributed by atoms with Crippen molar-refractivity contribution in [1.29, 1.82) is 0 Å². The van der Waals surface area contributed by atoms with Crippen LogP contribution in [0.15, 0.2) is 58.6 Å². The van der Waals surface area contributed by atoms with Crippen LogP contribution in [0.1, 0.15) is 17.2 Å². The smallest absolute Gasteiger partial charge is 0.295 e. The number of halogens is 1. The zero-order chi connectivity index (χ0) is 20.4. The fourth-order valence-corrected chi connectivity index (χ4v) is 3.37. The Labute approximate surface area is 168 Å². The number of amides is 1. The fourth-order valence-electron chi connectivity index (χ4n) is 3.11. The third kappa shape index (κ3) is 3.54. The van der Waals surface area contributed by atoms with E-state index in [2.05, 4.69) is 15.9 Å². The van der Waals surface area contributed by atoms with Crippen LogP contribution in [0.4, 0.5) is 5.69 Å². The van der Waals surface area contributed by atoms with Crippen LogP contribution in [-0.2, 0) is 9.59 Å². The van der Waals surface area contributed by atoms with E-state index in [1.54, 1.807) is 24.3 Å². The molecule has 2 N–H and O–H groups in total. The van der Waals surface area contributed by atoms with Gasteiger partial charge in [-0.15, -0.1) is 0 Å². The van der Waals surface area contributed by atoms with Crippen LogP contribution in [-0.4, -0.2) is 44.9 Å². The first-order chi connectivity index (χ1) is 13.3. The number of ketones is 1. The summed E-state index contributed by atoms with van der Waals surface area (Å²) in [5.41, 5.74) is 0.463. The Morgan fingerprint density at radius 2 is 1.71 bits per heavy atom. The van der Waals surface area contributed by atoms with E-state index < -0.39 is 28.4 Å². The summed E-state index contributed by atoms with van der Waals surface area (Å²) in [5, 5.41) is 30.9. The minimum absolute atomic E-state index is 0.0810. The molecule has 9 heteroatoms. The van der Waals surface area contributed by atoms with Crippen LogP contribution in [0.25, 0.3) is 5.76 Å². The molecule has 1 amide bonds. The van der Waals surface area contributed by atoms with Gasteiger partial charge in [0, 0.05) is 28.7 Å². The molecule has 0 radical (unpaired) electrons. The molecule has 1 fully saturated rings. The Kier molecular flexibility index (Phi) is 5.57. The third-order valence-electron chi connectivity index (χ3n) is 4.42. The second-order valence-electron chi connectivity index (χ2n) is 6.07. The van der Waals surface area contributed by atoms with Gasteiger partial charge >= 0.3 is 0 Å². The summed E-state index contributed by atoms with van der Waals surface area (Å²) >= 11 is 3.32. The number of aliphatic hydroxyl groups excluding tert-OH is 2. The average molecular weight is 447 g/mol. The molecule has 0 unspecified atom stereocenters. The van der Waals surface area contributed by atoms with E-state index in [0.717, 1.165) is 4.47 Å². The van der Waals surface area contributed by atoms with Gasteiger partial charge in [-0.2, -0.15) is 0 Å². The summed E-state index contributed by atoms with van der Waals surface area (Å²) < 4.78 is 0.797. The Hall–Kier alpha value is -3.04. The normalized spacial score (nSPS) is 18.5. The van der Waals surface area contributed by atoms with E-state index >= 15 is 0 Å². The molecule has 1 heterocycles. The highest BCUT2D eigenvalue weighted by Gasteiger charge is 2.45. The molecule has 2 aromatic carbocycles. The lowest BCUT2D eigenvalue weighted by atomic mass is 9.95. The van der Waals surface area contributed by atoms with Gasteiger partial charge in [-0.25, -0.2) is 0 Å². The van der Waals surface area contributed by atoms with Gasteiger partial charge < -0.3 is 15.1 Å². The average Bonchev–Trinajstić information content (AvgIpc) is 2.93. The molecule has 0 saturated carbocycles. The van der Waals surface area contributed by atoms with E-state index in [1.807, 2.05) is 0 Å². The van der Waals surface area contributed by atoms with Crippen molar-refractivity contribution in [3.05, 3.63) is 79.8 Å². The van der Waals surface area contributed by atoms with Crippen molar-refractivity contribution in [3.8, 4) is 0 Å². The first-order valence-corrected chi connectivity index (χ1v) is 9.04. The highest BCUT2D eigenvalue weighted by molar-refractivity contribution is 9.10. The predicted molar refractivity (Wildman–Crippen MR) is 103 cm³/mol. The number of hydrogen-bond acceptors (Lipinski definition) is 6. The maximum absolute atomic E-state index is 12.6. The van der Waals surface area contributed by atoms with Crippen molar-refractivity contribution in [1.82, 2.24) is 4.90 Å². The number of benzene rings is 2. The van der Waals surface area contributed by atoms with Gasteiger partial charge in [0.25, 0.3) is 17.4 Å². The van der Waals surface area contributed by atoms with Crippen LogP contribution in [0.2, 0.25) is 0 Å². The number of nitro groups is 1. The van der Waals surface area contributed by atoms with Gasteiger partial charge in [0.05, 0.1) is 23.1 Å². The summed E-state index contributed by atoms with van der Waals surface area (Å²) in [6.45, 7) is -0.431. The van der Waals surface area contributed by atoms with Crippen molar-refractivity contribution in [2.24, 2.45) is 0 Å². The Morgan fingerprint density at radius 3 is 2.25 bits per heavy atom. The number of β-amino-alcohol motifs (C(OH)–C–C–N with tert-alkyl or cyclic N) is 1. The molecule has 1 aliphatic heterocycles. The molecule has 0 aliphatic carbocycles. The second kappa shape index (κ2) is 7.91. The van der Waals surface area contributed by atoms with Gasteiger partial charge in [0.1, 0.15) is 5.76 Å². The molecule has 8 nitrogen and oxygen atoms in total. The Morgan fingerprint density at radius 1 is 1.11 bits per heavy atom. The molecule has 2 aromatic rings. The van der Waals surface area contributed by atoms with E-state index in [9.17, 15) is 29.9 Å². The van der Waals surface area contributed by atoms with E-state index in [0.29, 0.717) is 5.56 Å². The van der Waals surface area contributed by atoms with Crippen LogP contribution < -0.4 is 0 Å². The summed E-state index contributed by atoms with van der Waals surface area (Å²) in [5.74, 6) is -2.13. The first-order valence-electron chi connectivity index (χ1n) is 8.24. The molecule has 3 rings (SSSR count). The quantitative estimate of drug-likeness (QED) is 0.239. The molecule has 0 bridgehead atoms. The number of nitrogens with zero attached hydrogens (tertiary/aromatic N) is 2. The number of rotatable bonds is 5. The zero-order valence-electron chi connectivity index (χ0n) is 14.4. The predicted octanol–water partition coefficient (Wildman–Crippen LogP) is 2.77. The second-order valence-corrected chi connectivity index (χ2v) is 6.99. The number of aliphatic hydroxyl groups is 2. The SMILES string of the molecule is O=C1C(=O)N(CCO)[C@@H](c2ccc(Br)cc2)/C1=C(\O)c1ccc([N+](=O)[O-])cc1. The van der Waals surface area contributed by atoms with Crippen LogP contribution in [0.5, 0.6) is 0 Å². The lowest BCUT2D eigenvalue weighted by Gasteiger charge is -2.24. The summed E-state index contributed by atoms with van der Waals surface area (Å²) in [6.07, 6.45) is 0. The highest BCUT2D eigenvalue weighted by atomic mass is 79.9. The van der Waals surface area contributed by atoms with E-state index in [4.69, 9.17) is 0 Å². The molecule has 1 atom stereocenters. The Bertz CT molecular complexity index is 969. The van der Waals surface area contributed by atoms with Crippen molar-refractivity contribution >= 4 is 39.1 Å².